The molecule has 2 heterocycles. The largest absolute Gasteiger partial charge is 0.507 e. The number of aromatic hydroxyl groups is 1. The van der Waals surface area contributed by atoms with Crippen molar-refractivity contribution in [3.05, 3.63) is 42.0 Å². The van der Waals surface area contributed by atoms with Crippen LogP contribution in [0.2, 0.25) is 0 Å². The second-order valence-corrected chi connectivity index (χ2v) is 4.13. The summed E-state index contributed by atoms with van der Waals surface area (Å²) in [6.45, 7) is 0. The van der Waals surface area contributed by atoms with Crippen molar-refractivity contribution < 1.29 is 19.4 Å². The summed E-state index contributed by atoms with van der Waals surface area (Å²) in [7, 11) is 0. The molecule has 7 heteroatoms. The number of aromatic carboxylic acids is 1. The maximum Gasteiger partial charge on any atom is 0.339 e. The topological polar surface area (TPSA) is 99.1 Å². The molecule has 0 bridgehead atoms. The maximum atomic E-state index is 14.0. The lowest BCUT2D eigenvalue weighted by Crippen LogP contribution is -1.99. The van der Waals surface area contributed by atoms with Gasteiger partial charge in [0.15, 0.2) is 0 Å². The molecule has 0 aliphatic carbocycles. The van der Waals surface area contributed by atoms with E-state index < -0.39 is 23.1 Å². The van der Waals surface area contributed by atoms with E-state index in [1.54, 1.807) is 12.3 Å². The summed E-state index contributed by atoms with van der Waals surface area (Å²) in [5, 5.41) is 18.4. The fourth-order valence-corrected chi connectivity index (χ4v) is 1.90. The van der Waals surface area contributed by atoms with Gasteiger partial charge < -0.3 is 15.2 Å². The zero-order valence-electron chi connectivity index (χ0n) is 9.96. The fraction of sp³-hybridized carbons (Fsp3) is 0. The number of hydrogen-bond donors (Lipinski definition) is 3. The van der Waals surface area contributed by atoms with Crippen LogP contribution in [0.3, 0.4) is 0 Å². The van der Waals surface area contributed by atoms with Crippen LogP contribution in [-0.2, 0) is 0 Å². The number of fused-ring (bicyclic) bond motifs is 1. The van der Waals surface area contributed by atoms with E-state index in [4.69, 9.17) is 5.11 Å². The number of hydrogen-bond acceptors (Lipinski definition) is 4. The summed E-state index contributed by atoms with van der Waals surface area (Å²) in [6.07, 6.45) is 3.09. The van der Waals surface area contributed by atoms with Crippen LogP contribution in [-0.4, -0.2) is 31.1 Å². The van der Waals surface area contributed by atoms with Gasteiger partial charge in [-0.2, -0.15) is 0 Å². The zero-order valence-corrected chi connectivity index (χ0v) is 9.96. The molecule has 2 aromatic heterocycles. The molecule has 3 aromatic rings. The van der Waals surface area contributed by atoms with Crippen molar-refractivity contribution in [1.82, 2.24) is 15.0 Å². The molecule has 0 unspecified atom stereocenters. The number of carboxylic acid groups (broad SMARTS) is 1. The Morgan fingerprint density at radius 1 is 1.35 bits per heavy atom. The van der Waals surface area contributed by atoms with Crippen LogP contribution < -0.4 is 0 Å². The Morgan fingerprint density at radius 3 is 2.85 bits per heavy atom. The SMILES string of the molecule is O=C(O)c1cc(F)c(-c2nc3ccncc3[nH]2)cc1O. The molecular formula is C13H8FN3O3. The highest BCUT2D eigenvalue weighted by atomic mass is 19.1. The first-order chi connectivity index (χ1) is 9.56. The van der Waals surface area contributed by atoms with Crippen LogP contribution in [0.4, 0.5) is 4.39 Å². The monoisotopic (exact) mass is 273 g/mol. The maximum absolute atomic E-state index is 14.0. The number of aromatic amines is 1. The third kappa shape index (κ3) is 1.85. The number of carbonyl (C=O) groups is 1. The zero-order chi connectivity index (χ0) is 14.3. The van der Waals surface area contributed by atoms with Crippen molar-refractivity contribution >= 4 is 17.0 Å². The van der Waals surface area contributed by atoms with Crippen LogP contribution in [0, 0.1) is 5.82 Å². The molecule has 3 rings (SSSR count). The molecule has 3 N–H and O–H groups in total. The molecule has 100 valence electrons. The van der Waals surface area contributed by atoms with Gasteiger partial charge in [-0.3, -0.25) is 4.98 Å². The Labute approximate surface area is 111 Å². The summed E-state index contributed by atoms with van der Waals surface area (Å²) in [4.78, 5) is 21.7. The number of nitrogens with one attached hydrogen (secondary N) is 1. The normalized spacial score (nSPS) is 10.8. The Kier molecular flexibility index (Phi) is 2.60. The Morgan fingerprint density at radius 2 is 2.15 bits per heavy atom. The van der Waals surface area contributed by atoms with Crippen LogP contribution in [0.1, 0.15) is 10.4 Å². The van der Waals surface area contributed by atoms with E-state index in [1.165, 1.54) is 6.20 Å². The van der Waals surface area contributed by atoms with Gasteiger partial charge in [0.05, 0.1) is 22.8 Å². The van der Waals surface area contributed by atoms with Gasteiger partial charge in [-0.05, 0) is 18.2 Å². The smallest absolute Gasteiger partial charge is 0.339 e. The summed E-state index contributed by atoms with van der Waals surface area (Å²) in [6, 6.07) is 3.45. The molecule has 0 fully saturated rings. The molecule has 0 radical (unpaired) electrons. The van der Waals surface area contributed by atoms with Crippen LogP contribution >= 0.6 is 0 Å². The van der Waals surface area contributed by atoms with E-state index >= 15 is 0 Å². The molecule has 0 saturated heterocycles. The number of pyridine rings is 1. The fourth-order valence-electron chi connectivity index (χ4n) is 1.90. The van der Waals surface area contributed by atoms with Gasteiger partial charge in [-0.25, -0.2) is 14.2 Å². The third-order valence-electron chi connectivity index (χ3n) is 2.85. The summed E-state index contributed by atoms with van der Waals surface area (Å²) in [5.74, 6) is -2.51. The summed E-state index contributed by atoms with van der Waals surface area (Å²) >= 11 is 0. The van der Waals surface area contributed by atoms with Gasteiger partial charge in [0.1, 0.15) is 23.0 Å². The first-order valence-corrected chi connectivity index (χ1v) is 5.62. The van der Waals surface area contributed by atoms with E-state index in [2.05, 4.69) is 15.0 Å². The molecule has 6 nitrogen and oxygen atoms in total. The predicted molar refractivity (Wildman–Crippen MR) is 67.9 cm³/mol. The Bertz CT molecular complexity index is 796. The predicted octanol–water partition coefficient (Wildman–Crippen LogP) is 2.17. The molecular weight excluding hydrogens is 265 g/mol. The molecule has 0 atom stereocenters. The van der Waals surface area contributed by atoms with E-state index in [1.807, 2.05) is 0 Å². The second-order valence-electron chi connectivity index (χ2n) is 4.13. The highest BCUT2D eigenvalue weighted by Crippen LogP contribution is 2.29. The molecule has 0 amide bonds. The minimum absolute atomic E-state index is 0.0105. The number of carboxylic acids is 1. The molecule has 0 saturated carbocycles. The van der Waals surface area contributed by atoms with Gasteiger partial charge in [-0.15, -0.1) is 0 Å². The van der Waals surface area contributed by atoms with Crippen molar-refractivity contribution in [2.24, 2.45) is 0 Å². The van der Waals surface area contributed by atoms with Gasteiger partial charge in [-0.1, -0.05) is 0 Å². The number of phenols is 1. The van der Waals surface area contributed by atoms with E-state index in [0.717, 1.165) is 12.1 Å². The van der Waals surface area contributed by atoms with E-state index in [0.29, 0.717) is 11.0 Å². The van der Waals surface area contributed by atoms with Crippen LogP contribution in [0.25, 0.3) is 22.4 Å². The summed E-state index contributed by atoms with van der Waals surface area (Å²) in [5.41, 5.74) is 0.702. The average Bonchev–Trinajstić information content (AvgIpc) is 2.84. The Hall–Kier alpha value is -2.96. The first kappa shape index (κ1) is 12.1. The van der Waals surface area contributed by atoms with Crippen molar-refractivity contribution in [2.45, 2.75) is 0 Å². The molecule has 0 spiro atoms. The molecule has 20 heavy (non-hydrogen) atoms. The molecule has 1 aromatic carbocycles. The lowest BCUT2D eigenvalue weighted by atomic mass is 10.1. The van der Waals surface area contributed by atoms with Crippen molar-refractivity contribution in [1.29, 1.82) is 0 Å². The van der Waals surface area contributed by atoms with Gasteiger partial charge >= 0.3 is 5.97 Å². The number of benzene rings is 1. The minimum atomic E-state index is -1.40. The lowest BCUT2D eigenvalue weighted by molar-refractivity contribution is 0.0693. The lowest BCUT2D eigenvalue weighted by Gasteiger charge is -2.04. The van der Waals surface area contributed by atoms with E-state index in [-0.39, 0.29) is 11.4 Å². The number of nitrogens with zero attached hydrogens (tertiary/aromatic N) is 2. The van der Waals surface area contributed by atoms with Gasteiger partial charge in [0.2, 0.25) is 0 Å². The third-order valence-corrected chi connectivity index (χ3v) is 2.85. The van der Waals surface area contributed by atoms with Crippen LogP contribution in [0.15, 0.2) is 30.6 Å². The number of aromatic nitrogens is 3. The minimum Gasteiger partial charge on any atom is -0.507 e. The highest BCUT2D eigenvalue weighted by Gasteiger charge is 2.17. The van der Waals surface area contributed by atoms with Crippen LogP contribution in [0.5, 0.6) is 5.75 Å². The van der Waals surface area contributed by atoms with Gasteiger partial charge in [0, 0.05) is 6.20 Å². The van der Waals surface area contributed by atoms with Gasteiger partial charge in [0.25, 0.3) is 0 Å². The quantitative estimate of drug-likeness (QED) is 0.664. The second kappa shape index (κ2) is 4.30. The van der Waals surface area contributed by atoms with Crippen molar-refractivity contribution in [2.75, 3.05) is 0 Å². The van der Waals surface area contributed by atoms with Crippen molar-refractivity contribution in [3.63, 3.8) is 0 Å². The molecule has 0 aliphatic rings. The number of rotatable bonds is 2. The molecule has 0 aliphatic heterocycles. The first-order valence-electron chi connectivity index (χ1n) is 5.62. The highest BCUT2D eigenvalue weighted by molar-refractivity contribution is 5.92. The number of halogens is 1. The van der Waals surface area contributed by atoms with E-state index in [9.17, 15) is 14.3 Å². The van der Waals surface area contributed by atoms with Crippen molar-refractivity contribution in [3.8, 4) is 17.1 Å². The average molecular weight is 273 g/mol. The summed E-state index contributed by atoms with van der Waals surface area (Å²) < 4.78 is 14.0. The Balaban J connectivity index is 2.19. The number of H-pyrrole nitrogens is 1. The standard InChI is InChI=1S/C13H8FN3O3/c14-8-3-7(13(19)20)11(18)4-6(8)12-16-9-1-2-15-5-10(9)17-12/h1-5,18H,(H,16,17)(H,19,20). The number of imidazole rings is 1.